The summed E-state index contributed by atoms with van der Waals surface area (Å²) in [5.41, 5.74) is 8.79. The van der Waals surface area contributed by atoms with Crippen LogP contribution in [0.2, 0.25) is 0 Å². The lowest BCUT2D eigenvalue weighted by atomic mass is 10.1. The van der Waals surface area contributed by atoms with Crippen LogP contribution in [0.25, 0.3) is 11.3 Å². The highest BCUT2D eigenvalue weighted by molar-refractivity contribution is 5.72. The molecule has 1 aliphatic rings. The summed E-state index contributed by atoms with van der Waals surface area (Å²) in [7, 11) is 0. The molecule has 4 nitrogen and oxygen atoms in total. The van der Waals surface area contributed by atoms with Gasteiger partial charge in [-0.1, -0.05) is 6.92 Å². The van der Waals surface area contributed by atoms with Gasteiger partial charge in [0.15, 0.2) is 0 Å². The summed E-state index contributed by atoms with van der Waals surface area (Å²) in [6.07, 6.45) is 10.0. The van der Waals surface area contributed by atoms with Crippen molar-refractivity contribution in [3.8, 4) is 11.3 Å². The molecule has 94 valence electrons. The molecule has 18 heavy (non-hydrogen) atoms. The summed E-state index contributed by atoms with van der Waals surface area (Å²) < 4.78 is 2.19. The van der Waals surface area contributed by atoms with Crippen LogP contribution in [0.4, 0.5) is 5.69 Å². The van der Waals surface area contributed by atoms with E-state index >= 15 is 0 Å². The Hall–Kier alpha value is -1.84. The highest BCUT2D eigenvalue weighted by Gasteiger charge is 2.28. The van der Waals surface area contributed by atoms with Gasteiger partial charge in [-0.15, -0.1) is 0 Å². The summed E-state index contributed by atoms with van der Waals surface area (Å²) in [5.74, 6) is 1.60. The van der Waals surface area contributed by atoms with Gasteiger partial charge >= 0.3 is 0 Å². The Morgan fingerprint density at radius 3 is 2.94 bits per heavy atom. The molecule has 0 radical (unpaired) electrons. The number of nitrogens with two attached hydrogens (primary N) is 1. The van der Waals surface area contributed by atoms with Gasteiger partial charge in [0.05, 0.1) is 18.2 Å². The molecule has 1 unspecified atom stereocenters. The fourth-order valence-corrected chi connectivity index (χ4v) is 2.43. The molecular weight excluding hydrogens is 224 g/mol. The molecule has 1 aliphatic carbocycles. The Kier molecular flexibility index (Phi) is 2.78. The summed E-state index contributed by atoms with van der Waals surface area (Å²) in [6, 6.07) is 1.83. The summed E-state index contributed by atoms with van der Waals surface area (Å²) in [5, 5.41) is 0. The van der Waals surface area contributed by atoms with E-state index in [0.717, 1.165) is 29.4 Å². The first-order valence-corrected chi connectivity index (χ1v) is 6.45. The van der Waals surface area contributed by atoms with E-state index in [1.165, 1.54) is 12.8 Å². The minimum absolute atomic E-state index is 0.704. The van der Waals surface area contributed by atoms with Crippen molar-refractivity contribution < 1.29 is 0 Å². The fourth-order valence-electron chi connectivity index (χ4n) is 2.43. The molecule has 0 aliphatic heterocycles. The molecule has 0 amide bonds. The van der Waals surface area contributed by atoms with Crippen molar-refractivity contribution in [2.45, 2.75) is 26.3 Å². The van der Waals surface area contributed by atoms with E-state index in [-0.39, 0.29) is 0 Å². The van der Waals surface area contributed by atoms with Gasteiger partial charge in [-0.25, -0.2) is 4.98 Å². The van der Waals surface area contributed by atoms with Gasteiger partial charge in [0, 0.05) is 30.2 Å². The molecule has 2 aromatic rings. The van der Waals surface area contributed by atoms with Crippen molar-refractivity contribution in [1.82, 2.24) is 14.5 Å². The number of nitrogen functional groups attached to an aromatic ring is 1. The maximum Gasteiger partial charge on any atom is 0.0951 e. The number of aromatic nitrogens is 3. The maximum atomic E-state index is 6.00. The lowest BCUT2D eigenvalue weighted by Crippen LogP contribution is -2.10. The van der Waals surface area contributed by atoms with Crippen molar-refractivity contribution in [2.75, 3.05) is 5.73 Å². The molecule has 2 N–H and O–H groups in total. The molecule has 0 bridgehead atoms. The van der Waals surface area contributed by atoms with Crippen LogP contribution in [-0.2, 0) is 6.54 Å². The zero-order valence-corrected chi connectivity index (χ0v) is 10.6. The van der Waals surface area contributed by atoms with Crippen molar-refractivity contribution in [3.05, 3.63) is 31.0 Å². The van der Waals surface area contributed by atoms with E-state index in [9.17, 15) is 0 Å². The molecule has 2 heterocycles. The SMILES string of the molecule is CC(Cn1cncc1-c1cnccc1N)C1CC1. The molecule has 0 spiro atoms. The monoisotopic (exact) mass is 242 g/mol. The average Bonchev–Trinajstić information content (AvgIpc) is 3.12. The van der Waals surface area contributed by atoms with Gasteiger partial charge in [0.25, 0.3) is 0 Å². The number of pyridine rings is 1. The van der Waals surface area contributed by atoms with Crippen LogP contribution < -0.4 is 5.73 Å². The fraction of sp³-hybridized carbons (Fsp3) is 0.429. The minimum Gasteiger partial charge on any atom is -0.398 e. The largest absolute Gasteiger partial charge is 0.398 e. The van der Waals surface area contributed by atoms with Crippen molar-refractivity contribution in [1.29, 1.82) is 0 Å². The highest BCUT2D eigenvalue weighted by Crippen LogP contribution is 2.38. The molecule has 2 aromatic heterocycles. The summed E-state index contributed by atoms with van der Waals surface area (Å²) >= 11 is 0. The minimum atomic E-state index is 0.704. The molecular formula is C14H18N4. The van der Waals surface area contributed by atoms with Crippen molar-refractivity contribution in [2.24, 2.45) is 11.8 Å². The Balaban J connectivity index is 1.89. The standard InChI is InChI=1S/C14H18N4/c1-10(11-2-3-11)8-18-9-17-7-14(18)12-6-16-5-4-13(12)15/h4-7,9-11H,2-3,8H2,1H3,(H2,15,16). The average molecular weight is 242 g/mol. The second-order valence-electron chi connectivity index (χ2n) is 5.21. The maximum absolute atomic E-state index is 6.00. The lowest BCUT2D eigenvalue weighted by molar-refractivity contribution is 0.432. The van der Waals surface area contributed by atoms with Crippen LogP contribution >= 0.6 is 0 Å². The molecule has 0 saturated heterocycles. The smallest absolute Gasteiger partial charge is 0.0951 e. The number of hydrogen-bond donors (Lipinski definition) is 1. The predicted molar refractivity (Wildman–Crippen MR) is 71.8 cm³/mol. The second-order valence-corrected chi connectivity index (χ2v) is 5.21. The number of imidazole rings is 1. The zero-order chi connectivity index (χ0) is 12.5. The van der Waals surface area contributed by atoms with E-state index in [4.69, 9.17) is 5.73 Å². The number of rotatable bonds is 4. The van der Waals surface area contributed by atoms with Crippen LogP contribution in [-0.4, -0.2) is 14.5 Å². The Bertz CT molecular complexity index is 542. The Labute approximate surface area is 107 Å². The molecule has 1 atom stereocenters. The van der Waals surface area contributed by atoms with Gasteiger partial charge in [-0.3, -0.25) is 4.98 Å². The van der Waals surface area contributed by atoms with E-state index < -0.39 is 0 Å². The van der Waals surface area contributed by atoms with Crippen LogP contribution in [0, 0.1) is 11.8 Å². The lowest BCUT2D eigenvalue weighted by Gasteiger charge is -2.14. The Morgan fingerprint density at radius 2 is 2.22 bits per heavy atom. The van der Waals surface area contributed by atoms with Crippen LogP contribution in [0.1, 0.15) is 19.8 Å². The van der Waals surface area contributed by atoms with E-state index in [1.807, 2.05) is 24.8 Å². The van der Waals surface area contributed by atoms with Crippen molar-refractivity contribution >= 4 is 5.69 Å². The van der Waals surface area contributed by atoms with Gasteiger partial charge in [0.1, 0.15) is 0 Å². The molecule has 3 rings (SSSR count). The first-order chi connectivity index (χ1) is 8.75. The number of anilines is 1. The zero-order valence-electron chi connectivity index (χ0n) is 10.6. The first-order valence-electron chi connectivity index (χ1n) is 6.45. The predicted octanol–water partition coefficient (Wildman–Crippen LogP) is 2.57. The van der Waals surface area contributed by atoms with Crippen LogP contribution in [0.5, 0.6) is 0 Å². The van der Waals surface area contributed by atoms with Crippen LogP contribution in [0.15, 0.2) is 31.0 Å². The van der Waals surface area contributed by atoms with Gasteiger partial charge in [-0.2, -0.15) is 0 Å². The summed E-state index contributed by atoms with van der Waals surface area (Å²) in [4.78, 5) is 8.40. The number of hydrogen-bond acceptors (Lipinski definition) is 3. The van der Waals surface area contributed by atoms with E-state index in [2.05, 4.69) is 21.5 Å². The normalized spacial score (nSPS) is 16.7. The first kappa shape index (κ1) is 11.3. The van der Waals surface area contributed by atoms with Crippen LogP contribution in [0.3, 0.4) is 0 Å². The second kappa shape index (κ2) is 4.44. The van der Waals surface area contributed by atoms with Gasteiger partial charge in [-0.05, 0) is 30.7 Å². The quantitative estimate of drug-likeness (QED) is 0.896. The topological polar surface area (TPSA) is 56.7 Å². The molecule has 1 saturated carbocycles. The van der Waals surface area contributed by atoms with E-state index in [0.29, 0.717) is 5.92 Å². The third-order valence-electron chi connectivity index (χ3n) is 3.75. The highest BCUT2D eigenvalue weighted by atomic mass is 15.0. The number of nitrogens with zero attached hydrogens (tertiary/aromatic N) is 3. The third-order valence-corrected chi connectivity index (χ3v) is 3.75. The summed E-state index contributed by atoms with van der Waals surface area (Å²) in [6.45, 7) is 3.32. The molecule has 0 aromatic carbocycles. The van der Waals surface area contributed by atoms with Crippen molar-refractivity contribution in [3.63, 3.8) is 0 Å². The van der Waals surface area contributed by atoms with Gasteiger partial charge in [0.2, 0.25) is 0 Å². The molecule has 1 fully saturated rings. The third kappa shape index (κ3) is 2.10. The Morgan fingerprint density at radius 1 is 1.39 bits per heavy atom. The molecule has 4 heteroatoms. The van der Waals surface area contributed by atoms with Gasteiger partial charge < -0.3 is 10.3 Å². The van der Waals surface area contributed by atoms with E-state index in [1.54, 1.807) is 6.20 Å².